The molecule has 0 unspecified atom stereocenters. The Hall–Kier alpha value is -2.63. The van der Waals surface area contributed by atoms with Crippen molar-refractivity contribution in [2.75, 3.05) is 12.4 Å². The first-order valence-corrected chi connectivity index (χ1v) is 6.10. The fraction of sp³-hybridized carbons (Fsp3) is 0.214. The molecule has 2 rings (SSSR count). The van der Waals surface area contributed by atoms with Crippen molar-refractivity contribution < 1.29 is 9.66 Å². The maximum absolute atomic E-state index is 10.8. The van der Waals surface area contributed by atoms with Gasteiger partial charge in [-0.05, 0) is 36.2 Å². The van der Waals surface area contributed by atoms with E-state index in [1.807, 2.05) is 19.1 Å². The lowest BCUT2D eigenvalue weighted by atomic mass is 10.2. The molecule has 6 heteroatoms. The van der Waals surface area contributed by atoms with Crippen LogP contribution in [0.15, 0.2) is 36.5 Å². The topological polar surface area (TPSA) is 77.3 Å². The number of aromatic nitrogens is 1. The molecule has 1 heterocycles. The van der Waals surface area contributed by atoms with E-state index < -0.39 is 4.92 Å². The summed E-state index contributed by atoms with van der Waals surface area (Å²) in [5.74, 6) is 1.27. The molecule has 0 aliphatic heterocycles. The van der Waals surface area contributed by atoms with E-state index in [0.29, 0.717) is 12.4 Å². The van der Waals surface area contributed by atoms with Crippen molar-refractivity contribution in [3.8, 4) is 5.75 Å². The van der Waals surface area contributed by atoms with Gasteiger partial charge in [0.2, 0.25) is 0 Å². The Balaban J connectivity index is 2.13. The predicted octanol–water partition coefficient (Wildman–Crippen LogP) is 2.92. The monoisotopic (exact) mass is 273 g/mol. The van der Waals surface area contributed by atoms with Crippen molar-refractivity contribution in [2.45, 2.75) is 13.5 Å². The van der Waals surface area contributed by atoms with Gasteiger partial charge in [0.25, 0.3) is 5.69 Å². The van der Waals surface area contributed by atoms with Gasteiger partial charge in [-0.2, -0.15) is 0 Å². The van der Waals surface area contributed by atoms with Gasteiger partial charge in [0, 0.05) is 19.3 Å². The summed E-state index contributed by atoms with van der Waals surface area (Å²) in [7, 11) is 1.79. The van der Waals surface area contributed by atoms with E-state index in [-0.39, 0.29) is 5.69 Å². The summed E-state index contributed by atoms with van der Waals surface area (Å²) in [5, 5.41) is 13.7. The molecule has 104 valence electrons. The number of aryl methyl sites for hydroxylation is 1. The summed E-state index contributed by atoms with van der Waals surface area (Å²) in [4.78, 5) is 14.4. The van der Waals surface area contributed by atoms with Crippen LogP contribution in [0, 0.1) is 17.0 Å². The van der Waals surface area contributed by atoms with Gasteiger partial charge < -0.3 is 10.1 Å². The van der Waals surface area contributed by atoms with Crippen LogP contribution in [0.2, 0.25) is 0 Å². The molecule has 0 radical (unpaired) electrons. The highest BCUT2D eigenvalue weighted by atomic mass is 16.6. The second-order valence-corrected chi connectivity index (χ2v) is 4.29. The standard InChI is InChI=1S/C14H15N3O3/c1-10-3-4-12(17(18)19)8-13(10)20-9-11-5-6-16-14(7-11)15-2/h3-8H,9H2,1-2H3,(H,15,16). The molecule has 0 saturated heterocycles. The molecule has 0 aliphatic rings. The molecular formula is C14H15N3O3. The average Bonchev–Trinajstić information content (AvgIpc) is 2.46. The normalized spacial score (nSPS) is 10.1. The molecule has 0 spiro atoms. The second kappa shape index (κ2) is 6.01. The van der Waals surface area contributed by atoms with Crippen LogP contribution in [-0.4, -0.2) is 17.0 Å². The van der Waals surface area contributed by atoms with E-state index in [1.54, 1.807) is 19.3 Å². The highest BCUT2D eigenvalue weighted by Gasteiger charge is 2.09. The third-order valence-corrected chi connectivity index (χ3v) is 2.86. The average molecular weight is 273 g/mol. The largest absolute Gasteiger partial charge is 0.488 e. The Morgan fingerprint density at radius 1 is 1.35 bits per heavy atom. The highest BCUT2D eigenvalue weighted by molar-refractivity contribution is 5.44. The first-order chi connectivity index (χ1) is 9.60. The molecular weight excluding hydrogens is 258 g/mol. The summed E-state index contributed by atoms with van der Waals surface area (Å²) in [6.07, 6.45) is 1.69. The van der Waals surface area contributed by atoms with Gasteiger partial charge in [-0.25, -0.2) is 4.98 Å². The fourth-order valence-corrected chi connectivity index (χ4v) is 1.72. The lowest BCUT2D eigenvalue weighted by Crippen LogP contribution is -2.00. The van der Waals surface area contributed by atoms with Crippen molar-refractivity contribution in [3.63, 3.8) is 0 Å². The van der Waals surface area contributed by atoms with Crippen molar-refractivity contribution in [2.24, 2.45) is 0 Å². The van der Waals surface area contributed by atoms with Crippen molar-refractivity contribution in [1.82, 2.24) is 4.98 Å². The minimum atomic E-state index is -0.433. The van der Waals surface area contributed by atoms with Gasteiger partial charge in [-0.15, -0.1) is 0 Å². The van der Waals surface area contributed by atoms with Gasteiger partial charge in [-0.3, -0.25) is 10.1 Å². The van der Waals surface area contributed by atoms with Crippen LogP contribution in [0.25, 0.3) is 0 Å². The number of anilines is 1. The Morgan fingerprint density at radius 3 is 2.85 bits per heavy atom. The van der Waals surface area contributed by atoms with Crippen molar-refractivity contribution >= 4 is 11.5 Å². The summed E-state index contributed by atoms with van der Waals surface area (Å²) in [5.41, 5.74) is 1.82. The molecule has 2 aromatic rings. The summed E-state index contributed by atoms with van der Waals surface area (Å²) in [6, 6.07) is 8.29. The predicted molar refractivity (Wildman–Crippen MR) is 75.9 cm³/mol. The van der Waals surface area contributed by atoms with Gasteiger partial charge in [0.05, 0.1) is 11.0 Å². The maximum atomic E-state index is 10.8. The van der Waals surface area contributed by atoms with E-state index in [9.17, 15) is 10.1 Å². The lowest BCUT2D eigenvalue weighted by Gasteiger charge is -2.09. The Morgan fingerprint density at radius 2 is 2.15 bits per heavy atom. The van der Waals surface area contributed by atoms with Gasteiger partial charge >= 0.3 is 0 Å². The Kier molecular flexibility index (Phi) is 4.14. The lowest BCUT2D eigenvalue weighted by molar-refractivity contribution is -0.385. The molecule has 1 aromatic heterocycles. The highest BCUT2D eigenvalue weighted by Crippen LogP contribution is 2.25. The van der Waals surface area contributed by atoms with Crippen LogP contribution in [0.1, 0.15) is 11.1 Å². The van der Waals surface area contributed by atoms with Crippen molar-refractivity contribution in [1.29, 1.82) is 0 Å². The quantitative estimate of drug-likeness (QED) is 0.669. The van der Waals surface area contributed by atoms with E-state index in [2.05, 4.69) is 10.3 Å². The van der Waals surface area contributed by atoms with E-state index in [1.165, 1.54) is 12.1 Å². The summed E-state index contributed by atoms with van der Waals surface area (Å²) >= 11 is 0. The molecule has 0 bridgehead atoms. The smallest absolute Gasteiger partial charge is 0.273 e. The van der Waals surface area contributed by atoms with Crippen LogP contribution < -0.4 is 10.1 Å². The van der Waals surface area contributed by atoms with Gasteiger partial charge in [0.1, 0.15) is 18.2 Å². The number of nitro groups is 1. The van der Waals surface area contributed by atoms with Crippen molar-refractivity contribution in [3.05, 3.63) is 57.8 Å². The summed E-state index contributed by atoms with van der Waals surface area (Å²) < 4.78 is 5.65. The third-order valence-electron chi connectivity index (χ3n) is 2.86. The zero-order valence-electron chi connectivity index (χ0n) is 11.3. The summed E-state index contributed by atoms with van der Waals surface area (Å²) in [6.45, 7) is 2.18. The number of nitrogens with one attached hydrogen (secondary N) is 1. The maximum Gasteiger partial charge on any atom is 0.273 e. The molecule has 0 aliphatic carbocycles. The molecule has 1 N–H and O–H groups in total. The van der Waals surface area contributed by atoms with Gasteiger partial charge in [-0.1, -0.05) is 0 Å². The number of hydrogen-bond acceptors (Lipinski definition) is 5. The SMILES string of the molecule is CNc1cc(COc2cc([N+](=O)[O-])ccc2C)ccn1. The molecule has 0 amide bonds. The molecule has 0 atom stereocenters. The van der Waals surface area contributed by atoms with Crippen LogP contribution in [0.5, 0.6) is 5.75 Å². The zero-order chi connectivity index (χ0) is 14.5. The van der Waals surface area contributed by atoms with Crippen LogP contribution in [0.4, 0.5) is 11.5 Å². The molecule has 6 nitrogen and oxygen atoms in total. The molecule has 1 aromatic carbocycles. The number of hydrogen-bond donors (Lipinski definition) is 1. The van der Waals surface area contributed by atoms with E-state index in [4.69, 9.17) is 4.74 Å². The van der Waals surface area contributed by atoms with Crippen LogP contribution >= 0.6 is 0 Å². The first kappa shape index (κ1) is 13.8. The number of ether oxygens (including phenoxy) is 1. The number of non-ortho nitro benzene ring substituents is 1. The number of benzene rings is 1. The van der Waals surface area contributed by atoms with Gasteiger partial charge in [0.15, 0.2) is 0 Å². The minimum absolute atomic E-state index is 0.0243. The number of nitrogens with zero attached hydrogens (tertiary/aromatic N) is 2. The number of rotatable bonds is 5. The zero-order valence-corrected chi connectivity index (χ0v) is 11.3. The Bertz CT molecular complexity index is 629. The number of pyridine rings is 1. The second-order valence-electron chi connectivity index (χ2n) is 4.29. The van der Waals surface area contributed by atoms with Crippen LogP contribution in [0.3, 0.4) is 0 Å². The molecule has 20 heavy (non-hydrogen) atoms. The Labute approximate surface area is 116 Å². The first-order valence-electron chi connectivity index (χ1n) is 6.10. The van der Waals surface area contributed by atoms with Crippen LogP contribution in [-0.2, 0) is 6.61 Å². The minimum Gasteiger partial charge on any atom is -0.488 e. The molecule has 0 saturated carbocycles. The van der Waals surface area contributed by atoms with E-state index >= 15 is 0 Å². The third kappa shape index (κ3) is 3.23. The van der Waals surface area contributed by atoms with E-state index in [0.717, 1.165) is 16.9 Å². The number of nitro benzene ring substituents is 1. The fourth-order valence-electron chi connectivity index (χ4n) is 1.72. The molecule has 0 fully saturated rings.